The van der Waals surface area contributed by atoms with Crippen molar-refractivity contribution in [3.63, 3.8) is 0 Å². The molecule has 0 fully saturated rings. The van der Waals surface area contributed by atoms with Gasteiger partial charge in [-0.25, -0.2) is 8.42 Å². The molecule has 0 unspecified atom stereocenters. The Morgan fingerprint density at radius 2 is 1.73 bits per heavy atom. The second kappa shape index (κ2) is 9.77. The first-order valence-corrected chi connectivity index (χ1v) is 12.4. The van der Waals surface area contributed by atoms with E-state index in [1.54, 1.807) is 31.4 Å². The highest BCUT2D eigenvalue weighted by atomic mass is 32.2. The molecule has 1 N–H and O–H groups in total. The normalized spacial score (nSPS) is 16.1. The van der Waals surface area contributed by atoms with Crippen molar-refractivity contribution in [2.24, 2.45) is 0 Å². The van der Waals surface area contributed by atoms with Crippen LogP contribution in [0.1, 0.15) is 34.7 Å². The summed E-state index contributed by atoms with van der Waals surface area (Å²) in [5.74, 6) is 0.553. The number of sulfonamides is 1. The lowest BCUT2D eigenvalue weighted by Gasteiger charge is -2.36. The smallest absolute Gasteiger partial charge is 0.243 e. The quantitative estimate of drug-likeness (QED) is 0.574. The minimum Gasteiger partial charge on any atom is -0.497 e. The first-order chi connectivity index (χ1) is 15.9. The van der Waals surface area contributed by atoms with E-state index in [4.69, 9.17) is 4.74 Å². The van der Waals surface area contributed by atoms with Gasteiger partial charge in [0.2, 0.25) is 15.9 Å². The molecular weight excluding hydrogens is 436 g/mol. The fourth-order valence-electron chi connectivity index (χ4n) is 4.17. The van der Waals surface area contributed by atoms with Crippen molar-refractivity contribution in [2.45, 2.75) is 37.2 Å². The van der Waals surface area contributed by atoms with Gasteiger partial charge in [-0.3, -0.25) is 4.79 Å². The Hall–Kier alpha value is -3.16. The van der Waals surface area contributed by atoms with Crippen LogP contribution in [0.3, 0.4) is 0 Å². The van der Waals surface area contributed by atoms with Crippen LogP contribution in [0.25, 0.3) is 0 Å². The number of methoxy groups -OCH3 is 1. The van der Waals surface area contributed by atoms with Crippen LogP contribution in [0.4, 0.5) is 0 Å². The summed E-state index contributed by atoms with van der Waals surface area (Å²) in [6.45, 7) is 2.62. The van der Waals surface area contributed by atoms with Crippen molar-refractivity contribution in [3.05, 3.63) is 95.1 Å². The molecule has 1 amide bonds. The van der Waals surface area contributed by atoms with Gasteiger partial charge in [-0.05, 0) is 54.3 Å². The number of hydrogen-bond acceptors (Lipinski definition) is 4. The SMILES string of the molecule is COc1ccc(CNC(=O)C[C@@H]2c3ccccc3CCN2S(=O)(=O)c2ccc(C)cc2)cc1. The van der Waals surface area contributed by atoms with Gasteiger partial charge in [0, 0.05) is 19.5 Å². The number of fused-ring (bicyclic) bond motifs is 1. The molecule has 0 bridgehead atoms. The van der Waals surface area contributed by atoms with Crippen LogP contribution in [0.2, 0.25) is 0 Å². The number of ether oxygens (including phenoxy) is 1. The van der Waals surface area contributed by atoms with Gasteiger partial charge in [0.1, 0.15) is 5.75 Å². The number of nitrogens with one attached hydrogen (secondary N) is 1. The van der Waals surface area contributed by atoms with Gasteiger partial charge in [0.05, 0.1) is 18.0 Å². The van der Waals surface area contributed by atoms with Crippen LogP contribution in [0.15, 0.2) is 77.7 Å². The van der Waals surface area contributed by atoms with E-state index in [0.29, 0.717) is 19.5 Å². The van der Waals surface area contributed by atoms with Gasteiger partial charge in [-0.1, -0.05) is 54.1 Å². The van der Waals surface area contributed by atoms with Crippen LogP contribution in [-0.2, 0) is 27.8 Å². The number of carbonyl (C=O) groups excluding carboxylic acids is 1. The molecule has 0 spiro atoms. The van der Waals surface area contributed by atoms with Gasteiger partial charge >= 0.3 is 0 Å². The van der Waals surface area contributed by atoms with Crippen molar-refractivity contribution in [1.82, 2.24) is 9.62 Å². The van der Waals surface area contributed by atoms with E-state index in [-0.39, 0.29) is 17.2 Å². The Kier molecular flexibility index (Phi) is 6.81. The number of aryl methyl sites for hydroxylation is 1. The Bertz CT molecular complexity index is 1220. The molecule has 1 heterocycles. The molecule has 33 heavy (non-hydrogen) atoms. The summed E-state index contributed by atoms with van der Waals surface area (Å²) in [7, 11) is -2.15. The maximum atomic E-state index is 13.5. The largest absolute Gasteiger partial charge is 0.497 e. The molecule has 0 saturated heterocycles. The van der Waals surface area contributed by atoms with Crippen LogP contribution >= 0.6 is 0 Å². The highest BCUT2D eigenvalue weighted by Gasteiger charge is 2.37. The summed E-state index contributed by atoms with van der Waals surface area (Å²) >= 11 is 0. The van der Waals surface area contributed by atoms with Crippen LogP contribution in [0.5, 0.6) is 5.75 Å². The molecule has 1 atom stereocenters. The lowest BCUT2D eigenvalue weighted by atomic mass is 9.92. The van der Waals surface area contributed by atoms with Crippen LogP contribution in [-0.4, -0.2) is 32.3 Å². The summed E-state index contributed by atoms with van der Waals surface area (Å²) in [5.41, 5.74) is 3.91. The molecule has 3 aromatic rings. The van der Waals surface area contributed by atoms with E-state index < -0.39 is 16.1 Å². The summed E-state index contributed by atoms with van der Waals surface area (Å²) < 4.78 is 33.7. The lowest BCUT2D eigenvalue weighted by molar-refractivity contribution is -0.122. The average Bonchev–Trinajstić information content (AvgIpc) is 2.83. The zero-order valence-corrected chi connectivity index (χ0v) is 19.6. The van der Waals surface area contributed by atoms with Crippen molar-refractivity contribution >= 4 is 15.9 Å². The van der Waals surface area contributed by atoms with Crippen LogP contribution in [0, 0.1) is 6.92 Å². The Balaban J connectivity index is 1.56. The van der Waals surface area contributed by atoms with Crippen molar-refractivity contribution in [2.75, 3.05) is 13.7 Å². The zero-order valence-electron chi connectivity index (χ0n) is 18.8. The van der Waals surface area contributed by atoms with Gasteiger partial charge < -0.3 is 10.1 Å². The van der Waals surface area contributed by atoms with Crippen molar-refractivity contribution in [1.29, 1.82) is 0 Å². The predicted octanol–water partition coefficient (Wildman–Crippen LogP) is 4.00. The van der Waals surface area contributed by atoms with Gasteiger partial charge in [-0.2, -0.15) is 4.31 Å². The second-order valence-electron chi connectivity index (χ2n) is 8.22. The first-order valence-electron chi connectivity index (χ1n) is 10.9. The number of nitrogens with zero attached hydrogens (tertiary/aromatic N) is 1. The third-order valence-electron chi connectivity index (χ3n) is 6.02. The Labute approximate surface area is 195 Å². The van der Waals surface area contributed by atoms with E-state index in [9.17, 15) is 13.2 Å². The molecule has 3 aromatic carbocycles. The Morgan fingerprint density at radius 1 is 1.03 bits per heavy atom. The molecule has 0 aliphatic carbocycles. The van der Waals surface area contributed by atoms with Gasteiger partial charge in [0.25, 0.3) is 0 Å². The molecule has 0 radical (unpaired) electrons. The lowest BCUT2D eigenvalue weighted by Crippen LogP contribution is -2.42. The maximum absolute atomic E-state index is 13.5. The summed E-state index contributed by atoms with van der Waals surface area (Å²) in [4.78, 5) is 13.2. The van der Waals surface area contributed by atoms with E-state index in [1.165, 1.54) is 4.31 Å². The van der Waals surface area contributed by atoms with E-state index in [2.05, 4.69) is 5.32 Å². The minimum absolute atomic E-state index is 0.0538. The molecule has 1 aliphatic heterocycles. The average molecular weight is 465 g/mol. The van der Waals surface area contributed by atoms with Crippen molar-refractivity contribution in [3.8, 4) is 5.75 Å². The summed E-state index contributed by atoms with van der Waals surface area (Å²) in [6, 6.07) is 21.5. The molecule has 0 saturated carbocycles. The highest BCUT2D eigenvalue weighted by molar-refractivity contribution is 7.89. The summed E-state index contributed by atoms with van der Waals surface area (Å²) in [5, 5.41) is 2.93. The number of amides is 1. The van der Waals surface area contributed by atoms with Crippen LogP contribution < -0.4 is 10.1 Å². The fourth-order valence-corrected chi connectivity index (χ4v) is 5.77. The number of hydrogen-bond donors (Lipinski definition) is 1. The fraction of sp³-hybridized carbons (Fsp3) is 0.269. The van der Waals surface area contributed by atoms with E-state index in [1.807, 2.05) is 55.5 Å². The molecule has 7 heteroatoms. The third-order valence-corrected chi connectivity index (χ3v) is 7.94. The zero-order chi connectivity index (χ0) is 23.4. The molecule has 1 aliphatic rings. The topological polar surface area (TPSA) is 75.7 Å². The maximum Gasteiger partial charge on any atom is 0.243 e. The van der Waals surface area contributed by atoms with E-state index in [0.717, 1.165) is 28.0 Å². The summed E-state index contributed by atoms with van der Waals surface area (Å²) in [6.07, 6.45) is 0.670. The molecule has 0 aromatic heterocycles. The monoisotopic (exact) mass is 464 g/mol. The van der Waals surface area contributed by atoms with Gasteiger partial charge in [0.15, 0.2) is 0 Å². The second-order valence-corrected chi connectivity index (χ2v) is 10.1. The number of rotatable bonds is 7. The third kappa shape index (κ3) is 5.10. The first kappa shape index (κ1) is 23.0. The number of carbonyl (C=O) groups is 1. The standard InChI is InChI=1S/C26H28N2O4S/c1-19-7-13-23(14-8-19)33(30,31)28-16-15-21-5-3-4-6-24(21)25(28)17-26(29)27-18-20-9-11-22(32-2)12-10-20/h3-14,25H,15-18H2,1-2H3,(H,27,29)/t25-/m1/s1. The van der Waals surface area contributed by atoms with Crippen molar-refractivity contribution < 1.29 is 17.9 Å². The number of benzene rings is 3. The molecular formula is C26H28N2O4S. The Morgan fingerprint density at radius 3 is 2.42 bits per heavy atom. The highest BCUT2D eigenvalue weighted by Crippen LogP contribution is 2.36. The molecule has 6 nitrogen and oxygen atoms in total. The van der Waals surface area contributed by atoms with Gasteiger partial charge in [-0.15, -0.1) is 0 Å². The predicted molar refractivity (Wildman–Crippen MR) is 127 cm³/mol. The molecule has 172 valence electrons. The van der Waals surface area contributed by atoms with E-state index >= 15 is 0 Å². The molecule has 4 rings (SSSR count). The minimum atomic E-state index is -3.75.